The van der Waals surface area contributed by atoms with E-state index in [9.17, 15) is 4.57 Å². The minimum atomic E-state index is -3.05. The van der Waals surface area contributed by atoms with Crippen molar-refractivity contribution in [3.05, 3.63) is 60.7 Å². The molecule has 0 saturated heterocycles. The van der Waals surface area contributed by atoms with Gasteiger partial charge in [0.1, 0.15) is 0 Å². The molecule has 4 heteroatoms. The van der Waals surface area contributed by atoms with Gasteiger partial charge in [-0.3, -0.25) is 4.57 Å². The van der Waals surface area contributed by atoms with Gasteiger partial charge in [-0.1, -0.05) is 63.6 Å². The molecule has 0 bridgehead atoms. The molecule has 2 nitrogen and oxygen atoms in total. The monoisotopic (exact) mass is 388 g/mol. The molecule has 1 aliphatic rings. The highest BCUT2D eigenvalue weighted by atomic mass is 32.7. The van der Waals surface area contributed by atoms with Crippen LogP contribution in [0.2, 0.25) is 0 Å². The van der Waals surface area contributed by atoms with Crippen LogP contribution in [0.4, 0.5) is 0 Å². The van der Waals surface area contributed by atoms with Gasteiger partial charge in [-0.05, 0) is 66.2 Å². The third-order valence-corrected chi connectivity index (χ3v) is 9.72. The fourth-order valence-corrected chi connectivity index (χ4v) is 8.08. The standard InChI is InChI=1S/C22H29O2PS/c1-17(2)21-15-14-18(3)16-22(21)24-25(23,19-10-6-4-7-11-19)26-20-12-8-5-9-13-20/h4-13,17-18,21-22H,14-16H2,1-3H3/t18-,21+,22-,25-/m1/s1. The fourth-order valence-electron chi connectivity index (χ4n) is 3.78. The van der Waals surface area contributed by atoms with Gasteiger partial charge in [0.05, 0.1) is 6.10 Å². The van der Waals surface area contributed by atoms with Crippen LogP contribution in [-0.2, 0) is 9.09 Å². The molecule has 2 aromatic carbocycles. The number of hydrogen-bond acceptors (Lipinski definition) is 3. The molecule has 0 unspecified atom stereocenters. The van der Waals surface area contributed by atoms with Gasteiger partial charge in [0.15, 0.2) is 0 Å². The highest BCUT2D eigenvalue weighted by molar-refractivity contribution is 8.58. The maximum atomic E-state index is 14.1. The highest BCUT2D eigenvalue weighted by Gasteiger charge is 2.38. The first-order chi connectivity index (χ1) is 12.5. The van der Waals surface area contributed by atoms with Crippen molar-refractivity contribution in [1.29, 1.82) is 0 Å². The first-order valence-corrected chi connectivity index (χ1v) is 12.6. The van der Waals surface area contributed by atoms with Crippen LogP contribution in [-0.4, -0.2) is 6.10 Å². The van der Waals surface area contributed by atoms with Gasteiger partial charge in [0.25, 0.3) is 6.57 Å². The molecule has 3 rings (SSSR count). The van der Waals surface area contributed by atoms with Gasteiger partial charge in [-0.2, -0.15) is 0 Å². The first kappa shape index (κ1) is 19.7. The van der Waals surface area contributed by atoms with Crippen molar-refractivity contribution in [3.8, 4) is 0 Å². The van der Waals surface area contributed by atoms with Crippen LogP contribution in [0.5, 0.6) is 0 Å². The maximum absolute atomic E-state index is 14.1. The van der Waals surface area contributed by atoms with Gasteiger partial charge in [0, 0.05) is 10.2 Å². The highest BCUT2D eigenvalue weighted by Crippen LogP contribution is 2.63. The molecule has 1 fully saturated rings. The molecular formula is C22H29O2PS. The summed E-state index contributed by atoms with van der Waals surface area (Å²) in [6.45, 7) is 3.75. The lowest BCUT2D eigenvalue weighted by molar-refractivity contribution is 0.0527. The van der Waals surface area contributed by atoms with E-state index in [1.165, 1.54) is 17.8 Å². The molecule has 26 heavy (non-hydrogen) atoms. The lowest BCUT2D eigenvalue weighted by Gasteiger charge is -2.38. The lowest BCUT2D eigenvalue weighted by atomic mass is 9.75. The zero-order valence-electron chi connectivity index (χ0n) is 15.9. The van der Waals surface area contributed by atoms with E-state index < -0.39 is 6.57 Å². The number of hydrogen-bond donors (Lipinski definition) is 0. The molecule has 0 heterocycles. The minimum Gasteiger partial charge on any atom is -0.314 e. The van der Waals surface area contributed by atoms with Gasteiger partial charge >= 0.3 is 0 Å². The Kier molecular flexibility index (Phi) is 6.66. The Balaban J connectivity index is 1.91. The van der Waals surface area contributed by atoms with Crippen LogP contribution in [0.3, 0.4) is 0 Å². The zero-order chi connectivity index (χ0) is 18.6. The van der Waals surface area contributed by atoms with Gasteiger partial charge < -0.3 is 4.52 Å². The topological polar surface area (TPSA) is 26.3 Å². The Labute approximate surface area is 161 Å². The SMILES string of the molecule is CC(C)[C@@H]1CC[C@@H](C)C[C@H]1O[P@@](=O)(Sc1ccccc1)c1ccccc1. The summed E-state index contributed by atoms with van der Waals surface area (Å²) in [6, 6.07) is 19.7. The summed E-state index contributed by atoms with van der Waals surface area (Å²) < 4.78 is 20.6. The zero-order valence-corrected chi connectivity index (χ0v) is 17.6. The molecule has 0 aliphatic heterocycles. The Morgan fingerprint density at radius 1 is 1.00 bits per heavy atom. The number of benzene rings is 2. The van der Waals surface area contributed by atoms with Crippen LogP contribution in [0.1, 0.15) is 40.0 Å². The van der Waals surface area contributed by atoms with Crippen molar-refractivity contribution in [2.24, 2.45) is 17.8 Å². The fraction of sp³-hybridized carbons (Fsp3) is 0.455. The average Bonchev–Trinajstić information content (AvgIpc) is 2.63. The van der Waals surface area contributed by atoms with E-state index in [-0.39, 0.29) is 6.10 Å². The maximum Gasteiger partial charge on any atom is 0.291 e. The third kappa shape index (κ3) is 4.82. The average molecular weight is 389 g/mol. The largest absolute Gasteiger partial charge is 0.314 e. The summed E-state index contributed by atoms with van der Waals surface area (Å²) in [4.78, 5) is 0.990. The summed E-state index contributed by atoms with van der Waals surface area (Å²) >= 11 is 1.39. The Bertz CT molecular complexity index is 732. The van der Waals surface area contributed by atoms with Crippen LogP contribution in [0.15, 0.2) is 65.6 Å². The van der Waals surface area contributed by atoms with Crippen molar-refractivity contribution in [1.82, 2.24) is 0 Å². The second-order valence-corrected chi connectivity index (χ2v) is 12.1. The van der Waals surface area contributed by atoms with Crippen LogP contribution >= 0.6 is 18.0 Å². The second kappa shape index (κ2) is 8.78. The molecule has 0 aromatic heterocycles. The normalized spacial score (nSPS) is 25.8. The van der Waals surface area contributed by atoms with E-state index in [2.05, 4.69) is 20.8 Å². The minimum absolute atomic E-state index is 0.0565. The lowest BCUT2D eigenvalue weighted by Crippen LogP contribution is -2.34. The van der Waals surface area contributed by atoms with Crippen molar-refractivity contribution in [2.45, 2.75) is 51.0 Å². The molecular weight excluding hydrogens is 359 g/mol. The molecule has 0 N–H and O–H groups in total. The van der Waals surface area contributed by atoms with Crippen molar-refractivity contribution in [2.75, 3.05) is 0 Å². The quantitative estimate of drug-likeness (QED) is 0.511. The van der Waals surface area contributed by atoms with Crippen molar-refractivity contribution in [3.63, 3.8) is 0 Å². The first-order valence-electron chi connectivity index (χ1n) is 9.56. The molecule has 4 atom stereocenters. The third-order valence-electron chi connectivity index (χ3n) is 5.28. The summed E-state index contributed by atoms with van der Waals surface area (Å²) in [5, 5.41) is 0.801. The molecule has 2 aromatic rings. The molecule has 1 saturated carbocycles. The van der Waals surface area contributed by atoms with Crippen LogP contribution in [0.25, 0.3) is 0 Å². The second-order valence-electron chi connectivity index (χ2n) is 7.71. The Hall–Kier alpha value is -1.02. The van der Waals surface area contributed by atoms with E-state index in [0.717, 1.165) is 23.0 Å². The van der Waals surface area contributed by atoms with E-state index in [1.54, 1.807) is 0 Å². The Morgan fingerprint density at radius 2 is 1.62 bits per heavy atom. The van der Waals surface area contributed by atoms with Gasteiger partial charge in [-0.25, -0.2) is 0 Å². The van der Waals surface area contributed by atoms with Crippen molar-refractivity contribution < 1.29 is 9.09 Å². The van der Waals surface area contributed by atoms with E-state index >= 15 is 0 Å². The van der Waals surface area contributed by atoms with Crippen LogP contribution < -0.4 is 5.30 Å². The summed E-state index contributed by atoms with van der Waals surface area (Å²) in [6.07, 6.45) is 3.45. The van der Waals surface area contributed by atoms with E-state index in [1.807, 2.05) is 60.7 Å². The summed E-state index contributed by atoms with van der Waals surface area (Å²) in [5.41, 5.74) is 0. The molecule has 0 spiro atoms. The summed E-state index contributed by atoms with van der Waals surface area (Å²) in [5.74, 6) is 1.64. The van der Waals surface area contributed by atoms with Crippen molar-refractivity contribution >= 4 is 23.3 Å². The van der Waals surface area contributed by atoms with E-state index in [4.69, 9.17) is 4.52 Å². The molecule has 0 amide bonds. The van der Waals surface area contributed by atoms with E-state index in [0.29, 0.717) is 17.8 Å². The molecule has 1 aliphatic carbocycles. The van der Waals surface area contributed by atoms with Gasteiger partial charge in [0.2, 0.25) is 0 Å². The van der Waals surface area contributed by atoms with Crippen LogP contribution in [0, 0.1) is 17.8 Å². The predicted molar refractivity (Wildman–Crippen MR) is 112 cm³/mol. The molecule has 0 radical (unpaired) electrons. The summed E-state index contributed by atoms with van der Waals surface area (Å²) in [7, 11) is 0. The Morgan fingerprint density at radius 3 is 2.23 bits per heavy atom. The smallest absolute Gasteiger partial charge is 0.291 e. The number of rotatable bonds is 6. The molecule has 140 valence electrons. The van der Waals surface area contributed by atoms with Gasteiger partial charge in [-0.15, -0.1) is 0 Å². The predicted octanol–water partition coefficient (Wildman–Crippen LogP) is 6.77.